The first kappa shape index (κ1) is 16.7. The molecule has 0 aromatic heterocycles. The van der Waals surface area contributed by atoms with E-state index in [-0.39, 0.29) is 11.9 Å². The van der Waals surface area contributed by atoms with E-state index in [1.807, 2.05) is 18.7 Å². The third-order valence-corrected chi connectivity index (χ3v) is 5.34. The monoisotopic (exact) mass is 347 g/mol. The molecular formula is C14H19Cl2N3OS. The van der Waals surface area contributed by atoms with Gasteiger partial charge < -0.3 is 11.1 Å². The minimum absolute atomic E-state index is 0.107. The molecule has 7 heteroatoms. The predicted molar refractivity (Wildman–Crippen MR) is 92.5 cm³/mol. The van der Waals surface area contributed by atoms with Gasteiger partial charge in [0.1, 0.15) is 0 Å². The average molecular weight is 348 g/mol. The molecule has 0 radical (unpaired) electrons. The minimum atomic E-state index is -0.230. The van der Waals surface area contributed by atoms with Crippen molar-refractivity contribution in [3.8, 4) is 0 Å². The lowest BCUT2D eigenvalue weighted by Crippen LogP contribution is -2.50. The van der Waals surface area contributed by atoms with Gasteiger partial charge in [-0.25, -0.2) is 0 Å². The number of halogens is 2. The van der Waals surface area contributed by atoms with Crippen molar-refractivity contribution in [1.82, 2.24) is 4.90 Å². The van der Waals surface area contributed by atoms with Gasteiger partial charge in [0.25, 0.3) is 0 Å². The highest BCUT2D eigenvalue weighted by Gasteiger charge is 2.28. The molecule has 3 N–H and O–H groups in total. The Kier molecular flexibility index (Phi) is 5.66. The van der Waals surface area contributed by atoms with E-state index in [1.165, 1.54) is 0 Å². The predicted octanol–water partition coefficient (Wildman–Crippen LogP) is 3.34. The van der Waals surface area contributed by atoms with Crippen LogP contribution in [0.4, 0.5) is 11.4 Å². The summed E-state index contributed by atoms with van der Waals surface area (Å²) in [6.45, 7) is 4.95. The van der Waals surface area contributed by atoms with E-state index >= 15 is 0 Å². The van der Waals surface area contributed by atoms with Crippen molar-refractivity contribution in [3.63, 3.8) is 0 Å². The molecule has 1 heterocycles. The summed E-state index contributed by atoms with van der Waals surface area (Å²) in [6, 6.07) is 3.29. The second-order valence-corrected chi connectivity index (χ2v) is 7.17. The summed E-state index contributed by atoms with van der Waals surface area (Å²) < 4.78 is 0. The van der Waals surface area contributed by atoms with Gasteiger partial charge in [0.2, 0.25) is 5.91 Å². The molecule has 0 aliphatic carbocycles. The number of hydrogen-bond acceptors (Lipinski definition) is 4. The Morgan fingerprint density at radius 2 is 2.24 bits per heavy atom. The lowest BCUT2D eigenvalue weighted by molar-refractivity contribution is -0.121. The fourth-order valence-electron chi connectivity index (χ4n) is 2.42. The number of nitrogen functional groups attached to an aromatic ring is 1. The van der Waals surface area contributed by atoms with Gasteiger partial charge in [-0.15, -0.1) is 0 Å². The summed E-state index contributed by atoms with van der Waals surface area (Å²) in [7, 11) is 0. The maximum absolute atomic E-state index is 12.4. The SMILES string of the molecule is CC1CSCCN1C(C)C(=O)Nc1c(N)cc(Cl)cc1Cl. The maximum Gasteiger partial charge on any atom is 0.241 e. The number of rotatable bonds is 3. The Balaban J connectivity index is 2.10. The summed E-state index contributed by atoms with van der Waals surface area (Å²) in [6.07, 6.45) is 0. The van der Waals surface area contributed by atoms with Gasteiger partial charge in [0.05, 0.1) is 22.4 Å². The van der Waals surface area contributed by atoms with E-state index < -0.39 is 0 Å². The van der Waals surface area contributed by atoms with Crippen molar-refractivity contribution >= 4 is 52.2 Å². The first-order valence-electron chi connectivity index (χ1n) is 6.79. The molecule has 0 saturated carbocycles. The Hall–Kier alpha value is -0.620. The van der Waals surface area contributed by atoms with Crippen molar-refractivity contribution in [2.75, 3.05) is 29.1 Å². The quantitative estimate of drug-likeness (QED) is 0.823. The van der Waals surface area contributed by atoms with E-state index in [9.17, 15) is 4.79 Å². The van der Waals surface area contributed by atoms with Gasteiger partial charge in [0, 0.05) is 29.1 Å². The second-order valence-electron chi connectivity index (χ2n) is 5.18. The Morgan fingerprint density at radius 1 is 1.52 bits per heavy atom. The third-order valence-electron chi connectivity index (χ3n) is 3.63. The summed E-state index contributed by atoms with van der Waals surface area (Å²) in [5.74, 6) is 1.98. The van der Waals surface area contributed by atoms with E-state index in [1.54, 1.807) is 12.1 Å². The Labute approximate surface area is 139 Å². The van der Waals surface area contributed by atoms with E-state index in [0.29, 0.717) is 27.5 Å². The van der Waals surface area contributed by atoms with Crippen molar-refractivity contribution in [2.45, 2.75) is 25.9 Å². The van der Waals surface area contributed by atoms with Gasteiger partial charge in [-0.2, -0.15) is 11.8 Å². The molecule has 0 spiro atoms. The Bertz CT molecular complexity index is 518. The highest BCUT2D eigenvalue weighted by molar-refractivity contribution is 7.99. The molecule has 1 amide bonds. The number of nitrogens with one attached hydrogen (secondary N) is 1. The summed E-state index contributed by atoms with van der Waals surface area (Å²) in [5, 5.41) is 3.62. The molecule has 1 aliphatic heterocycles. The number of anilines is 2. The zero-order chi connectivity index (χ0) is 15.6. The van der Waals surface area contributed by atoms with Crippen molar-refractivity contribution in [2.24, 2.45) is 0 Å². The third kappa shape index (κ3) is 3.97. The molecule has 4 nitrogen and oxygen atoms in total. The number of thioether (sulfide) groups is 1. The summed E-state index contributed by atoms with van der Waals surface area (Å²) >= 11 is 13.9. The minimum Gasteiger partial charge on any atom is -0.397 e. The van der Waals surface area contributed by atoms with Crippen LogP contribution in [-0.2, 0) is 4.79 Å². The number of hydrogen-bond donors (Lipinski definition) is 2. The molecule has 2 rings (SSSR count). The van der Waals surface area contributed by atoms with Crippen LogP contribution in [0, 0.1) is 0 Å². The van der Waals surface area contributed by atoms with Crippen LogP contribution in [0.25, 0.3) is 0 Å². The number of nitrogens with zero attached hydrogens (tertiary/aromatic N) is 1. The highest BCUT2D eigenvalue weighted by atomic mass is 35.5. The zero-order valence-corrected chi connectivity index (χ0v) is 14.4. The molecule has 2 unspecified atom stereocenters. The average Bonchev–Trinajstić information content (AvgIpc) is 2.42. The van der Waals surface area contributed by atoms with Crippen molar-refractivity contribution in [1.29, 1.82) is 0 Å². The Morgan fingerprint density at radius 3 is 2.86 bits per heavy atom. The molecule has 21 heavy (non-hydrogen) atoms. The molecule has 1 aromatic carbocycles. The molecular weight excluding hydrogens is 329 g/mol. The smallest absolute Gasteiger partial charge is 0.241 e. The first-order chi connectivity index (χ1) is 9.90. The van der Waals surface area contributed by atoms with Crippen LogP contribution in [0.15, 0.2) is 12.1 Å². The number of benzene rings is 1. The number of carbonyl (C=O) groups excluding carboxylic acids is 1. The fourth-order valence-corrected chi connectivity index (χ4v) is 4.01. The molecule has 1 saturated heterocycles. The standard InChI is InChI=1S/C14H19Cl2N3OS/c1-8-7-21-4-3-19(8)9(2)14(20)18-13-11(16)5-10(15)6-12(13)17/h5-6,8-9H,3-4,7,17H2,1-2H3,(H,18,20). The summed E-state index contributed by atoms with van der Waals surface area (Å²) in [5.41, 5.74) is 6.67. The molecule has 2 atom stereocenters. The zero-order valence-electron chi connectivity index (χ0n) is 12.0. The first-order valence-corrected chi connectivity index (χ1v) is 8.70. The van der Waals surface area contributed by atoms with E-state index in [4.69, 9.17) is 28.9 Å². The normalized spacial score (nSPS) is 21.0. The number of carbonyl (C=O) groups is 1. The van der Waals surface area contributed by atoms with Crippen molar-refractivity contribution in [3.05, 3.63) is 22.2 Å². The molecule has 1 aliphatic rings. The van der Waals surface area contributed by atoms with Crippen LogP contribution in [0.2, 0.25) is 10.0 Å². The summed E-state index contributed by atoms with van der Waals surface area (Å²) in [4.78, 5) is 14.6. The highest BCUT2D eigenvalue weighted by Crippen LogP contribution is 2.32. The van der Waals surface area contributed by atoms with Gasteiger partial charge in [-0.1, -0.05) is 23.2 Å². The van der Waals surface area contributed by atoms with Crippen LogP contribution in [-0.4, -0.2) is 40.9 Å². The maximum atomic E-state index is 12.4. The van der Waals surface area contributed by atoms with Crippen LogP contribution in [0.3, 0.4) is 0 Å². The number of nitrogens with two attached hydrogens (primary N) is 1. The lowest BCUT2D eigenvalue weighted by Gasteiger charge is -2.36. The van der Waals surface area contributed by atoms with Crippen LogP contribution < -0.4 is 11.1 Å². The van der Waals surface area contributed by atoms with Gasteiger partial charge in [-0.05, 0) is 26.0 Å². The molecule has 1 aromatic rings. The van der Waals surface area contributed by atoms with Gasteiger partial charge >= 0.3 is 0 Å². The molecule has 116 valence electrons. The lowest BCUT2D eigenvalue weighted by atomic mass is 10.2. The molecule has 0 bridgehead atoms. The van der Waals surface area contributed by atoms with Crippen LogP contribution in [0.1, 0.15) is 13.8 Å². The van der Waals surface area contributed by atoms with E-state index in [2.05, 4.69) is 17.1 Å². The topological polar surface area (TPSA) is 58.4 Å². The number of amides is 1. The second kappa shape index (κ2) is 7.09. The largest absolute Gasteiger partial charge is 0.397 e. The fraction of sp³-hybridized carbons (Fsp3) is 0.500. The van der Waals surface area contributed by atoms with Crippen molar-refractivity contribution < 1.29 is 4.79 Å². The van der Waals surface area contributed by atoms with Gasteiger partial charge in [-0.3, -0.25) is 9.69 Å². The van der Waals surface area contributed by atoms with Crippen LogP contribution in [0.5, 0.6) is 0 Å². The molecule has 1 fully saturated rings. The van der Waals surface area contributed by atoms with Gasteiger partial charge in [0.15, 0.2) is 0 Å². The van der Waals surface area contributed by atoms with Crippen LogP contribution >= 0.6 is 35.0 Å². The van der Waals surface area contributed by atoms with E-state index in [0.717, 1.165) is 18.1 Å².